The molecule has 1 aliphatic heterocycles. The molecule has 2 heterocycles. The Hall–Kier alpha value is -3.93. The molecular formula is C23H17NO5. The third kappa shape index (κ3) is 4.01. The molecule has 0 saturated heterocycles. The van der Waals surface area contributed by atoms with Crippen molar-refractivity contribution in [2.24, 2.45) is 0 Å². The van der Waals surface area contributed by atoms with Gasteiger partial charge in [-0.25, -0.2) is 4.79 Å². The van der Waals surface area contributed by atoms with Crippen molar-refractivity contribution in [2.45, 2.75) is 6.61 Å². The zero-order valence-corrected chi connectivity index (χ0v) is 15.6. The van der Waals surface area contributed by atoms with Crippen LogP contribution in [0.4, 0.5) is 0 Å². The molecule has 0 radical (unpaired) electrons. The van der Waals surface area contributed by atoms with Crippen molar-refractivity contribution in [2.75, 3.05) is 7.11 Å². The van der Waals surface area contributed by atoms with Gasteiger partial charge in [0.05, 0.1) is 18.2 Å². The molecule has 1 aliphatic rings. The minimum Gasteiger partial charge on any atom is -0.489 e. The van der Waals surface area contributed by atoms with Crippen molar-refractivity contribution in [3.05, 3.63) is 95.0 Å². The average Bonchev–Trinajstić information content (AvgIpc) is 3.07. The Kier molecular flexibility index (Phi) is 5.07. The van der Waals surface area contributed by atoms with E-state index in [-0.39, 0.29) is 17.5 Å². The van der Waals surface area contributed by atoms with E-state index in [1.165, 1.54) is 7.11 Å². The van der Waals surface area contributed by atoms with Crippen LogP contribution >= 0.6 is 0 Å². The Morgan fingerprint density at radius 3 is 2.69 bits per heavy atom. The third-order valence-electron chi connectivity index (χ3n) is 4.40. The van der Waals surface area contributed by atoms with Crippen LogP contribution in [0.1, 0.15) is 31.8 Å². The number of hydrogen-bond acceptors (Lipinski definition) is 6. The average molecular weight is 387 g/mol. The topological polar surface area (TPSA) is 74.7 Å². The molecule has 144 valence electrons. The van der Waals surface area contributed by atoms with Crippen LogP contribution in [0, 0.1) is 0 Å². The first kappa shape index (κ1) is 18.4. The molecule has 0 amide bonds. The van der Waals surface area contributed by atoms with Gasteiger partial charge in [0.25, 0.3) is 0 Å². The van der Waals surface area contributed by atoms with Gasteiger partial charge in [-0.2, -0.15) is 0 Å². The van der Waals surface area contributed by atoms with Crippen LogP contribution in [0.5, 0.6) is 11.5 Å². The van der Waals surface area contributed by atoms with Crippen LogP contribution in [0.2, 0.25) is 0 Å². The lowest BCUT2D eigenvalue weighted by Crippen LogP contribution is -2.02. The first-order chi connectivity index (χ1) is 14.1. The first-order valence-corrected chi connectivity index (χ1v) is 8.92. The Bertz CT molecular complexity index is 1090. The van der Waals surface area contributed by atoms with E-state index in [9.17, 15) is 9.59 Å². The number of rotatable bonds is 5. The fourth-order valence-corrected chi connectivity index (χ4v) is 2.89. The largest absolute Gasteiger partial charge is 0.489 e. The maximum Gasteiger partial charge on any atom is 0.337 e. The highest BCUT2D eigenvalue weighted by molar-refractivity contribution is 6.14. The SMILES string of the molecule is COC(=O)c1ccc(COc2ccc3c(c2)OC(=Cc2cccnc2)C3=O)cc1. The van der Waals surface area contributed by atoms with Crippen molar-refractivity contribution in [1.82, 2.24) is 4.98 Å². The summed E-state index contributed by atoms with van der Waals surface area (Å²) in [5.41, 5.74) is 2.66. The molecule has 0 N–H and O–H groups in total. The van der Waals surface area contributed by atoms with Gasteiger partial charge >= 0.3 is 5.97 Å². The van der Waals surface area contributed by atoms with Crippen molar-refractivity contribution < 1.29 is 23.8 Å². The maximum atomic E-state index is 12.5. The van der Waals surface area contributed by atoms with Crippen LogP contribution in [0.25, 0.3) is 6.08 Å². The van der Waals surface area contributed by atoms with E-state index in [2.05, 4.69) is 9.72 Å². The van der Waals surface area contributed by atoms with Gasteiger partial charge in [-0.1, -0.05) is 18.2 Å². The summed E-state index contributed by atoms with van der Waals surface area (Å²) in [4.78, 5) is 28.0. The summed E-state index contributed by atoms with van der Waals surface area (Å²) in [6.07, 6.45) is 4.99. The summed E-state index contributed by atoms with van der Waals surface area (Å²) < 4.78 is 16.2. The summed E-state index contributed by atoms with van der Waals surface area (Å²) in [5, 5.41) is 0. The molecule has 6 nitrogen and oxygen atoms in total. The number of benzene rings is 2. The van der Waals surface area contributed by atoms with Gasteiger partial charge in [-0.3, -0.25) is 9.78 Å². The van der Waals surface area contributed by atoms with Gasteiger partial charge in [-0.05, 0) is 47.5 Å². The number of carbonyl (C=O) groups is 2. The molecule has 0 saturated carbocycles. The molecule has 0 fully saturated rings. The Morgan fingerprint density at radius 1 is 1.14 bits per heavy atom. The van der Waals surface area contributed by atoms with Gasteiger partial charge in [0.1, 0.15) is 18.1 Å². The second-order valence-corrected chi connectivity index (χ2v) is 6.36. The zero-order chi connectivity index (χ0) is 20.2. The minimum absolute atomic E-state index is 0.172. The van der Waals surface area contributed by atoms with Gasteiger partial charge in [0, 0.05) is 18.5 Å². The molecule has 4 rings (SSSR count). The molecule has 0 atom stereocenters. The molecule has 0 unspecified atom stereocenters. The molecule has 0 aliphatic carbocycles. The number of ether oxygens (including phenoxy) is 3. The molecule has 29 heavy (non-hydrogen) atoms. The molecule has 1 aromatic heterocycles. The maximum absolute atomic E-state index is 12.5. The molecule has 2 aromatic carbocycles. The van der Waals surface area contributed by atoms with Crippen molar-refractivity contribution >= 4 is 17.8 Å². The Balaban J connectivity index is 1.45. The lowest BCUT2D eigenvalue weighted by Gasteiger charge is -2.08. The van der Waals surface area contributed by atoms with E-state index >= 15 is 0 Å². The van der Waals surface area contributed by atoms with Crippen LogP contribution < -0.4 is 9.47 Å². The van der Waals surface area contributed by atoms with Gasteiger partial charge in [-0.15, -0.1) is 0 Å². The number of Topliss-reactive ketones (excluding diaryl/α,β-unsaturated/α-hetero) is 1. The standard InChI is InChI=1S/C23H17NO5/c1-27-23(26)17-6-4-15(5-7-17)14-28-18-8-9-19-20(12-18)29-21(22(19)25)11-16-3-2-10-24-13-16/h2-13H,14H2,1H3. The fraction of sp³-hybridized carbons (Fsp3) is 0.0870. The van der Waals surface area contributed by atoms with Gasteiger partial charge in [0.2, 0.25) is 5.78 Å². The molecule has 0 spiro atoms. The van der Waals surface area contributed by atoms with E-state index in [1.54, 1.807) is 67.0 Å². The van der Waals surface area contributed by atoms with E-state index in [1.807, 2.05) is 6.07 Å². The van der Waals surface area contributed by atoms with Crippen molar-refractivity contribution in [3.63, 3.8) is 0 Å². The summed E-state index contributed by atoms with van der Waals surface area (Å²) in [6, 6.07) is 15.7. The first-order valence-electron chi connectivity index (χ1n) is 8.92. The van der Waals surface area contributed by atoms with E-state index in [0.717, 1.165) is 11.1 Å². The van der Waals surface area contributed by atoms with Crippen LogP contribution in [-0.2, 0) is 11.3 Å². The zero-order valence-electron chi connectivity index (χ0n) is 15.6. The van der Waals surface area contributed by atoms with Gasteiger partial charge in [0.15, 0.2) is 5.76 Å². The second kappa shape index (κ2) is 7.98. The number of allylic oxidation sites excluding steroid dienone is 1. The van der Waals surface area contributed by atoms with E-state index < -0.39 is 0 Å². The van der Waals surface area contributed by atoms with Crippen LogP contribution in [0.15, 0.2) is 72.8 Å². The lowest BCUT2D eigenvalue weighted by molar-refractivity contribution is 0.0600. The summed E-state index contributed by atoms with van der Waals surface area (Å²) >= 11 is 0. The predicted octanol–water partition coefficient (Wildman–Crippen LogP) is 4.06. The Morgan fingerprint density at radius 2 is 1.97 bits per heavy atom. The number of esters is 1. The predicted molar refractivity (Wildman–Crippen MR) is 106 cm³/mol. The van der Waals surface area contributed by atoms with Crippen molar-refractivity contribution in [3.8, 4) is 11.5 Å². The van der Waals surface area contributed by atoms with Gasteiger partial charge < -0.3 is 14.2 Å². The summed E-state index contributed by atoms with van der Waals surface area (Å²) in [5.74, 6) is 0.741. The number of carbonyl (C=O) groups excluding carboxylic acids is 2. The van der Waals surface area contributed by atoms with Crippen LogP contribution in [-0.4, -0.2) is 23.8 Å². The molecule has 0 bridgehead atoms. The quantitative estimate of drug-likeness (QED) is 0.485. The van der Waals surface area contributed by atoms with E-state index in [4.69, 9.17) is 9.47 Å². The monoisotopic (exact) mass is 387 g/mol. The summed E-state index contributed by atoms with van der Waals surface area (Å²) in [7, 11) is 1.34. The molecule has 3 aromatic rings. The molecular weight excluding hydrogens is 370 g/mol. The highest BCUT2D eigenvalue weighted by Crippen LogP contribution is 2.35. The van der Waals surface area contributed by atoms with Crippen LogP contribution in [0.3, 0.4) is 0 Å². The number of methoxy groups -OCH3 is 1. The number of aromatic nitrogens is 1. The number of pyridine rings is 1. The number of hydrogen-bond donors (Lipinski definition) is 0. The second-order valence-electron chi connectivity index (χ2n) is 6.36. The molecule has 6 heteroatoms. The number of ketones is 1. The number of nitrogens with zero attached hydrogens (tertiary/aromatic N) is 1. The highest BCUT2D eigenvalue weighted by atomic mass is 16.5. The normalized spacial score (nSPS) is 13.7. The highest BCUT2D eigenvalue weighted by Gasteiger charge is 2.27. The minimum atomic E-state index is -0.381. The summed E-state index contributed by atoms with van der Waals surface area (Å²) in [6.45, 7) is 0.312. The fourth-order valence-electron chi connectivity index (χ4n) is 2.89. The van der Waals surface area contributed by atoms with E-state index in [0.29, 0.717) is 29.2 Å². The van der Waals surface area contributed by atoms with Crippen molar-refractivity contribution in [1.29, 1.82) is 0 Å². The smallest absolute Gasteiger partial charge is 0.337 e. The third-order valence-corrected chi connectivity index (χ3v) is 4.40. The lowest BCUT2D eigenvalue weighted by atomic mass is 10.1. The Labute approximate surface area is 167 Å². The number of fused-ring (bicyclic) bond motifs is 1.